The van der Waals surface area contributed by atoms with E-state index < -0.39 is 32.1 Å². The van der Waals surface area contributed by atoms with Crippen molar-refractivity contribution in [2.45, 2.75) is 23.6 Å². The summed E-state index contributed by atoms with van der Waals surface area (Å²) in [6, 6.07) is 8.70. The van der Waals surface area contributed by atoms with Gasteiger partial charge in [-0.05, 0) is 19.9 Å². The van der Waals surface area contributed by atoms with Crippen molar-refractivity contribution in [3.05, 3.63) is 89.8 Å². The number of benzene rings is 2. The second-order valence-electron chi connectivity index (χ2n) is 6.30. The number of hydrogen-bond acceptors (Lipinski definition) is 9. The summed E-state index contributed by atoms with van der Waals surface area (Å²) in [6.07, 6.45) is 0. The van der Waals surface area contributed by atoms with Crippen LogP contribution in [0.4, 0.5) is 17.1 Å². The Hall–Kier alpha value is -4.13. The number of hydrogen-bond donors (Lipinski definition) is 0. The van der Waals surface area contributed by atoms with E-state index in [1.807, 2.05) is 0 Å². The summed E-state index contributed by atoms with van der Waals surface area (Å²) < 4.78 is 0.967. The van der Waals surface area contributed by atoms with Crippen molar-refractivity contribution in [2.24, 2.45) is 0 Å². The maximum atomic E-state index is 12.9. The molecule has 0 atom stereocenters. The zero-order valence-corrected chi connectivity index (χ0v) is 16.9. The molecule has 0 bridgehead atoms. The molecule has 1 heterocycles. The number of nitro groups is 3. The summed E-state index contributed by atoms with van der Waals surface area (Å²) in [5.41, 5.74) is -0.871. The number of aromatic nitrogens is 2. The maximum absolute atomic E-state index is 12.9. The topological polar surface area (TPSA) is 164 Å². The highest BCUT2D eigenvalue weighted by molar-refractivity contribution is 7.99. The van der Waals surface area contributed by atoms with Gasteiger partial charge < -0.3 is 0 Å². The molecule has 0 aliphatic heterocycles. The molecular formula is C18H13N5O7S. The number of aryl methyl sites for hydroxylation is 1. The molecule has 2 aromatic carbocycles. The van der Waals surface area contributed by atoms with Gasteiger partial charge in [0.15, 0.2) is 0 Å². The number of carbonyl (C=O) groups is 1. The van der Waals surface area contributed by atoms with Gasteiger partial charge in [-0.25, -0.2) is 0 Å². The number of nitrogens with zero attached hydrogens (tertiary/aromatic N) is 5. The van der Waals surface area contributed by atoms with E-state index in [4.69, 9.17) is 0 Å². The van der Waals surface area contributed by atoms with E-state index in [0.717, 1.165) is 34.6 Å². The van der Waals surface area contributed by atoms with Crippen molar-refractivity contribution in [3.63, 3.8) is 0 Å². The van der Waals surface area contributed by atoms with Gasteiger partial charge >= 0.3 is 0 Å². The molecule has 0 aliphatic carbocycles. The molecule has 0 fully saturated rings. The average molecular weight is 443 g/mol. The Kier molecular flexibility index (Phi) is 5.79. The van der Waals surface area contributed by atoms with E-state index in [0.29, 0.717) is 21.2 Å². The lowest BCUT2D eigenvalue weighted by atomic mass is 10.1. The lowest BCUT2D eigenvalue weighted by Gasteiger charge is -2.05. The first kappa shape index (κ1) is 21.6. The summed E-state index contributed by atoms with van der Waals surface area (Å²) in [5.74, 6) is -0.804. The number of nitro benzene ring substituents is 3. The molecule has 1 aromatic heterocycles. The van der Waals surface area contributed by atoms with Crippen LogP contribution < -0.4 is 0 Å². The molecular weight excluding hydrogens is 430 g/mol. The van der Waals surface area contributed by atoms with E-state index in [1.165, 1.54) is 12.1 Å². The van der Waals surface area contributed by atoms with Crippen LogP contribution in [0, 0.1) is 44.2 Å². The molecule has 12 nitrogen and oxygen atoms in total. The van der Waals surface area contributed by atoms with Crippen LogP contribution in [0.25, 0.3) is 0 Å². The molecule has 0 saturated carbocycles. The molecule has 0 amide bonds. The fourth-order valence-electron chi connectivity index (χ4n) is 2.83. The highest BCUT2D eigenvalue weighted by Crippen LogP contribution is 2.38. The molecule has 0 aliphatic rings. The van der Waals surface area contributed by atoms with Gasteiger partial charge in [-0.2, -0.15) is 9.78 Å². The van der Waals surface area contributed by atoms with Crippen LogP contribution in [0.5, 0.6) is 0 Å². The molecule has 158 valence electrons. The predicted octanol–water partition coefficient (Wildman–Crippen LogP) is 4.06. The van der Waals surface area contributed by atoms with Crippen molar-refractivity contribution in [1.29, 1.82) is 0 Å². The molecule has 0 N–H and O–H groups in total. The third-order valence-corrected chi connectivity index (χ3v) is 5.62. The molecule has 0 radical (unpaired) electrons. The quantitative estimate of drug-likeness (QED) is 0.403. The largest absolute Gasteiger partial charge is 0.283 e. The number of rotatable bonds is 6. The second kappa shape index (κ2) is 8.31. The SMILES string of the molecule is Cc1nn(C(=O)c2cc([N+](=O)[O-])cc([N+](=O)[O-])c2)c(C)c1Sc1ccccc1[N+](=O)[O-]. The first-order valence-corrected chi connectivity index (χ1v) is 9.38. The van der Waals surface area contributed by atoms with Crippen molar-refractivity contribution < 1.29 is 19.6 Å². The van der Waals surface area contributed by atoms with Crippen molar-refractivity contribution in [2.75, 3.05) is 0 Å². The van der Waals surface area contributed by atoms with Gasteiger partial charge in [0, 0.05) is 18.2 Å². The average Bonchev–Trinajstić information content (AvgIpc) is 3.01. The van der Waals surface area contributed by atoms with E-state index >= 15 is 0 Å². The van der Waals surface area contributed by atoms with Crippen LogP contribution in [0.2, 0.25) is 0 Å². The lowest BCUT2D eigenvalue weighted by Crippen LogP contribution is -2.16. The van der Waals surface area contributed by atoms with Gasteiger partial charge in [-0.15, -0.1) is 0 Å². The molecule has 3 rings (SSSR count). The van der Waals surface area contributed by atoms with Crippen LogP contribution in [0.15, 0.2) is 52.3 Å². The van der Waals surface area contributed by atoms with Crippen LogP contribution >= 0.6 is 11.8 Å². The summed E-state index contributed by atoms with van der Waals surface area (Å²) in [4.78, 5) is 45.0. The first-order valence-electron chi connectivity index (χ1n) is 8.56. The number of carbonyl (C=O) groups excluding carboxylic acids is 1. The minimum Gasteiger partial charge on any atom is -0.267 e. The van der Waals surface area contributed by atoms with Crippen LogP contribution in [0.3, 0.4) is 0 Å². The molecule has 13 heteroatoms. The van der Waals surface area contributed by atoms with Gasteiger partial charge in [0.2, 0.25) is 0 Å². The summed E-state index contributed by atoms with van der Waals surface area (Å²) in [5, 5.41) is 37.6. The number of non-ortho nitro benzene ring substituents is 2. The standard InChI is InChI=1S/C18H13N5O7S/c1-10-17(31-16-6-4-3-5-15(16)23(29)30)11(2)20(19-10)18(24)12-7-13(21(25)26)9-14(8-12)22(27)28/h3-9H,1-2H3. The smallest absolute Gasteiger partial charge is 0.267 e. The van der Waals surface area contributed by atoms with Gasteiger partial charge in [0.25, 0.3) is 23.0 Å². The van der Waals surface area contributed by atoms with Crippen LogP contribution in [0.1, 0.15) is 21.7 Å². The second-order valence-corrected chi connectivity index (χ2v) is 7.35. The normalized spacial score (nSPS) is 10.6. The van der Waals surface area contributed by atoms with Crippen molar-refractivity contribution in [1.82, 2.24) is 9.78 Å². The first-order chi connectivity index (χ1) is 14.6. The number of para-hydroxylation sites is 1. The van der Waals surface area contributed by atoms with Gasteiger partial charge in [-0.1, -0.05) is 23.9 Å². The minimum absolute atomic E-state index is 0.111. The highest BCUT2D eigenvalue weighted by atomic mass is 32.2. The third kappa shape index (κ3) is 4.25. The Bertz CT molecular complexity index is 1220. The molecule has 3 aromatic rings. The Labute approximate surface area is 177 Å². The van der Waals surface area contributed by atoms with Gasteiger partial charge in [0.1, 0.15) is 0 Å². The predicted molar refractivity (Wildman–Crippen MR) is 108 cm³/mol. The maximum Gasteiger partial charge on any atom is 0.283 e. The van der Waals surface area contributed by atoms with E-state index in [9.17, 15) is 35.1 Å². The zero-order valence-electron chi connectivity index (χ0n) is 16.0. The lowest BCUT2D eigenvalue weighted by molar-refractivity contribution is -0.394. The van der Waals surface area contributed by atoms with Crippen LogP contribution in [-0.4, -0.2) is 30.5 Å². The zero-order chi connectivity index (χ0) is 22.9. The highest BCUT2D eigenvalue weighted by Gasteiger charge is 2.25. The summed E-state index contributed by atoms with van der Waals surface area (Å²) in [6.45, 7) is 3.16. The van der Waals surface area contributed by atoms with Gasteiger partial charge in [0.05, 0.1) is 47.6 Å². The summed E-state index contributed by atoms with van der Waals surface area (Å²) in [7, 11) is 0. The van der Waals surface area contributed by atoms with Crippen molar-refractivity contribution in [3.8, 4) is 0 Å². The third-order valence-electron chi connectivity index (χ3n) is 4.26. The fourth-order valence-corrected chi connectivity index (χ4v) is 3.87. The summed E-state index contributed by atoms with van der Waals surface area (Å²) >= 11 is 1.05. The minimum atomic E-state index is -0.833. The Morgan fingerprint density at radius 3 is 2.06 bits per heavy atom. The van der Waals surface area contributed by atoms with E-state index in [2.05, 4.69) is 5.10 Å². The Morgan fingerprint density at radius 1 is 0.935 bits per heavy atom. The molecule has 0 spiro atoms. The van der Waals surface area contributed by atoms with E-state index in [1.54, 1.807) is 26.0 Å². The molecule has 31 heavy (non-hydrogen) atoms. The van der Waals surface area contributed by atoms with Crippen LogP contribution in [-0.2, 0) is 0 Å². The van der Waals surface area contributed by atoms with E-state index in [-0.39, 0.29) is 11.3 Å². The monoisotopic (exact) mass is 443 g/mol. The molecule has 0 unspecified atom stereocenters. The fraction of sp³-hybridized carbons (Fsp3) is 0.111. The molecule has 0 saturated heterocycles. The Morgan fingerprint density at radius 2 is 1.52 bits per heavy atom. The Balaban J connectivity index is 2.05. The van der Waals surface area contributed by atoms with Gasteiger partial charge in [-0.3, -0.25) is 35.1 Å². The van der Waals surface area contributed by atoms with Crippen molar-refractivity contribution >= 4 is 34.7 Å².